The standard InChI is InChI=1S/C21H24ClN3O6S/c1-30-19-8-6-15(32(28,29)25-9-3-2-4-10-25)12-18(19)24-20(26)13-31-21(27)16-7-5-14(22)11-17(16)23/h5-8,11-12H,2-4,9-10,13,23H2,1H3,(H,24,26). The molecule has 2 aromatic rings. The summed E-state index contributed by atoms with van der Waals surface area (Å²) >= 11 is 5.81. The van der Waals surface area contributed by atoms with Crippen molar-refractivity contribution in [2.45, 2.75) is 24.2 Å². The van der Waals surface area contributed by atoms with E-state index in [0.717, 1.165) is 19.3 Å². The Morgan fingerprint density at radius 1 is 1.12 bits per heavy atom. The van der Waals surface area contributed by atoms with Crippen LogP contribution in [-0.4, -0.2) is 51.4 Å². The zero-order valence-corrected chi connectivity index (χ0v) is 19.0. The fraction of sp³-hybridized carbons (Fsp3) is 0.333. The van der Waals surface area contributed by atoms with Gasteiger partial charge in [-0.1, -0.05) is 18.0 Å². The normalized spacial score (nSPS) is 14.6. The third-order valence-electron chi connectivity index (χ3n) is 4.97. The number of carbonyl (C=O) groups excluding carboxylic acids is 2. The highest BCUT2D eigenvalue weighted by molar-refractivity contribution is 7.89. The SMILES string of the molecule is COc1ccc(S(=O)(=O)N2CCCCC2)cc1NC(=O)COC(=O)c1ccc(Cl)cc1N. The zero-order chi connectivity index (χ0) is 23.3. The van der Waals surface area contributed by atoms with Crippen LogP contribution >= 0.6 is 11.6 Å². The van der Waals surface area contributed by atoms with Crippen LogP contribution in [0.2, 0.25) is 5.02 Å². The van der Waals surface area contributed by atoms with Crippen LogP contribution in [0.1, 0.15) is 29.6 Å². The number of benzene rings is 2. The molecule has 0 aliphatic carbocycles. The summed E-state index contributed by atoms with van der Waals surface area (Å²) in [5.41, 5.74) is 6.10. The van der Waals surface area contributed by atoms with Crippen molar-refractivity contribution in [2.75, 3.05) is 37.9 Å². The van der Waals surface area contributed by atoms with Crippen molar-refractivity contribution in [3.8, 4) is 5.75 Å². The van der Waals surface area contributed by atoms with Crippen molar-refractivity contribution in [3.63, 3.8) is 0 Å². The number of nitrogens with two attached hydrogens (primary N) is 1. The van der Waals surface area contributed by atoms with E-state index in [1.165, 1.54) is 47.8 Å². The number of rotatable bonds is 7. The van der Waals surface area contributed by atoms with Crippen LogP contribution in [0, 0.1) is 0 Å². The fourth-order valence-electron chi connectivity index (χ4n) is 3.31. The van der Waals surface area contributed by atoms with Crippen LogP contribution in [-0.2, 0) is 19.6 Å². The lowest BCUT2D eigenvalue weighted by molar-refractivity contribution is -0.119. The highest BCUT2D eigenvalue weighted by atomic mass is 35.5. The number of hydrogen-bond acceptors (Lipinski definition) is 7. The van der Waals surface area contributed by atoms with E-state index in [1.54, 1.807) is 0 Å². The monoisotopic (exact) mass is 481 g/mol. The van der Waals surface area contributed by atoms with Gasteiger partial charge in [-0.2, -0.15) is 4.31 Å². The van der Waals surface area contributed by atoms with Crippen LogP contribution in [0.3, 0.4) is 0 Å². The second-order valence-electron chi connectivity index (χ2n) is 7.18. The van der Waals surface area contributed by atoms with E-state index in [2.05, 4.69) is 5.32 Å². The number of carbonyl (C=O) groups is 2. The molecule has 32 heavy (non-hydrogen) atoms. The molecule has 172 valence electrons. The number of nitrogen functional groups attached to an aromatic ring is 1. The summed E-state index contributed by atoms with van der Waals surface area (Å²) in [6.45, 7) is 0.312. The first kappa shape index (κ1) is 23.8. The molecule has 1 aliphatic heterocycles. The van der Waals surface area contributed by atoms with Gasteiger partial charge in [-0.15, -0.1) is 0 Å². The number of esters is 1. The van der Waals surface area contributed by atoms with Gasteiger partial charge < -0.3 is 20.5 Å². The number of methoxy groups -OCH3 is 1. The smallest absolute Gasteiger partial charge is 0.340 e. The first-order valence-electron chi connectivity index (χ1n) is 9.92. The Balaban J connectivity index is 1.71. The van der Waals surface area contributed by atoms with Crippen molar-refractivity contribution in [1.82, 2.24) is 4.31 Å². The van der Waals surface area contributed by atoms with Gasteiger partial charge in [-0.25, -0.2) is 13.2 Å². The number of hydrogen-bond donors (Lipinski definition) is 2. The molecule has 0 saturated carbocycles. The quantitative estimate of drug-likeness (QED) is 0.459. The molecule has 0 radical (unpaired) electrons. The molecule has 0 atom stereocenters. The van der Waals surface area contributed by atoms with Gasteiger partial charge in [-0.05, 0) is 49.2 Å². The van der Waals surface area contributed by atoms with E-state index in [9.17, 15) is 18.0 Å². The molecule has 0 aromatic heterocycles. The number of anilines is 2. The van der Waals surface area contributed by atoms with Crippen LogP contribution in [0.5, 0.6) is 5.75 Å². The largest absolute Gasteiger partial charge is 0.495 e. The highest BCUT2D eigenvalue weighted by Gasteiger charge is 2.27. The number of sulfonamides is 1. The van der Waals surface area contributed by atoms with Gasteiger partial charge in [-0.3, -0.25) is 4.79 Å². The van der Waals surface area contributed by atoms with E-state index in [0.29, 0.717) is 18.1 Å². The van der Waals surface area contributed by atoms with Crippen LogP contribution < -0.4 is 15.8 Å². The number of nitrogens with zero attached hydrogens (tertiary/aromatic N) is 1. The summed E-state index contributed by atoms with van der Waals surface area (Å²) in [4.78, 5) is 24.6. The van der Waals surface area contributed by atoms with E-state index < -0.39 is 28.5 Å². The van der Waals surface area contributed by atoms with Crippen LogP contribution in [0.25, 0.3) is 0 Å². The Hall–Kier alpha value is -2.82. The van der Waals surface area contributed by atoms with Gasteiger partial charge >= 0.3 is 5.97 Å². The molecule has 1 aliphatic rings. The van der Waals surface area contributed by atoms with Crippen LogP contribution in [0.15, 0.2) is 41.3 Å². The van der Waals surface area contributed by atoms with E-state index in [-0.39, 0.29) is 27.6 Å². The lowest BCUT2D eigenvalue weighted by atomic mass is 10.2. The minimum atomic E-state index is -3.70. The molecule has 1 heterocycles. The Bertz CT molecular complexity index is 1120. The Labute approximate surface area is 191 Å². The predicted octanol–water partition coefficient (Wildman–Crippen LogP) is 2.90. The van der Waals surface area contributed by atoms with Crippen molar-refractivity contribution in [3.05, 3.63) is 47.0 Å². The van der Waals surface area contributed by atoms with Gasteiger partial charge in [0.1, 0.15) is 5.75 Å². The molecule has 3 N–H and O–H groups in total. The molecule has 1 fully saturated rings. The number of nitrogens with one attached hydrogen (secondary N) is 1. The lowest BCUT2D eigenvalue weighted by Gasteiger charge is -2.26. The zero-order valence-electron chi connectivity index (χ0n) is 17.5. The lowest BCUT2D eigenvalue weighted by Crippen LogP contribution is -2.35. The van der Waals surface area contributed by atoms with Gasteiger partial charge in [0.05, 0.1) is 23.3 Å². The predicted molar refractivity (Wildman–Crippen MR) is 120 cm³/mol. The van der Waals surface area contributed by atoms with Gasteiger partial charge in [0.25, 0.3) is 5.91 Å². The summed E-state index contributed by atoms with van der Waals surface area (Å²) < 4.78 is 37.5. The average Bonchev–Trinajstić information content (AvgIpc) is 2.78. The second kappa shape index (κ2) is 10.2. The maximum atomic E-state index is 12.9. The molecule has 0 unspecified atom stereocenters. The molecular weight excluding hydrogens is 458 g/mol. The Morgan fingerprint density at radius 3 is 2.50 bits per heavy atom. The van der Waals surface area contributed by atoms with E-state index in [1.807, 2.05) is 0 Å². The number of ether oxygens (including phenoxy) is 2. The Kier molecular flexibility index (Phi) is 7.60. The third kappa shape index (κ3) is 5.50. The summed E-state index contributed by atoms with van der Waals surface area (Å²) in [5.74, 6) is -1.19. The van der Waals surface area contributed by atoms with Gasteiger partial charge in [0.2, 0.25) is 10.0 Å². The summed E-state index contributed by atoms with van der Waals surface area (Å²) in [6.07, 6.45) is 2.61. The molecule has 0 bridgehead atoms. The topological polar surface area (TPSA) is 128 Å². The number of halogens is 1. The highest BCUT2D eigenvalue weighted by Crippen LogP contribution is 2.30. The van der Waals surface area contributed by atoms with Crippen molar-refractivity contribution < 1.29 is 27.5 Å². The van der Waals surface area contributed by atoms with E-state index >= 15 is 0 Å². The molecule has 1 saturated heterocycles. The average molecular weight is 482 g/mol. The van der Waals surface area contributed by atoms with Crippen molar-refractivity contribution in [1.29, 1.82) is 0 Å². The molecule has 1 amide bonds. The third-order valence-corrected chi connectivity index (χ3v) is 7.10. The molecule has 2 aromatic carbocycles. The second-order valence-corrected chi connectivity index (χ2v) is 9.56. The number of amides is 1. The number of piperidine rings is 1. The van der Waals surface area contributed by atoms with Crippen LogP contribution in [0.4, 0.5) is 11.4 Å². The summed E-state index contributed by atoms with van der Waals surface area (Å²) in [7, 11) is -2.30. The minimum absolute atomic E-state index is 0.0430. The molecule has 0 spiro atoms. The molecular formula is C21H24ClN3O6S. The maximum Gasteiger partial charge on any atom is 0.340 e. The maximum absolute atomic E-state index is 12.9. The van der Waals surface area contributed by atoms with Crippen molar-refractivity contribution in [2.24, 2.45) is 0 Å². The summed E-state index contributed by atoms with van der Waals surface area (Å²) in [6, 6.07) is 8.51. The minimum Gasteiger partial charge on any atom is -0.495 e. The molecule has 9 nitrogen and oxygen atoms in total. The van der Waals surface area contributed by atoms with Crippen molar-refractivity contribution >= 4 is 44.9 Å². The Morgan fingerprint density at radius 2 is 1.84 bits per heavy atom. The summed E-state index contributed by atoms with van der Waals surface area (Å²) in [5, 5.41) is 2.90. The van der Waals surface area contributed by atoms with E-state index in [4.69, 9.17) is 26.8 Å². The van der Waals surface area contributed by atoms with Gasteiger partial charge in [0.15, 0.2) is 6.61 Å². The molecule has 3 rings (SSSR count). The first-order chi connectivity index (χ1) is 15.2. The molecule has 11 heteroatoms. The van der Waals surface area contributed by atoms with Gasteiger partial charge in [0, 0.05) is 23.8 Å². The fourth-order valence-corrected chi connectivity index (χ4v) is 5.04. The first-order valence-corrected chi connectivity index (χ1v) is 11.7.